The summed E-state index contributed by atoms with van der Waals surface area (Å²) in [6.07, 6.45) is 2.51. The topological polar surface area (TPSA) is 38.0 Å². The Bertz CT molecular complexity index is 238. The molecule has 3 heteroatoms. The van der Waals surface area contributed by atoms with E-state index in [0.29, 0.717) is 6.04 Å². The maximum Gasteiger partial charge on any atom is 0.0904 e. The molecule has 0 radical (unpaired) electrons. The molecule has 1 aromatic heterocycles. The van der Waals surface area contributed by atoms with Gasteiger partial charge in [0.25, 0.3) is 0 Å². The molecule has 0 aromatic carbocycles. The predicted molar refractivity (Wildman–Crippen MR) is 48.7 cm³/mol. The first-order valence-corrected chi connectivity index (χ1v) is 4.82. The summed E-state index contributed by atoms with van der Waals surface area (Å²) >= 11 is 1.63. The Morgan fingerprint density at radius 3 is 3.09 bits per heavy atom. The molecule has 2 heterocycles. The van der Waals surface area contributed by atoms with E-state index in [-0.39, 0.29) is 0 Å². The van der Waals surface area contributed by atoms with E-state index < -0.39 is 0 Å². The summed E-state index contributed by atoms with van der Waals surface area (Å²) in [5.74, 6) is 0. The molecule has 0 saturated carbocycles. The summed E-state index contributed by atoms with van der Waals surface area (Å²) < 4.78 is 0. The lowest BCUT2D eigenvalue weighted by Gasteiger charge is -2.08. The first-order chi connectivity index (χ1) is 5.38. The second-order valence-corrected chi connectivity index (χ2v) is 3.84. The van der Waals surface area contributed by atoms with E-state index in [4.69, 9.17) is 5.73 Å². The second kappa shape index (κ2) is 2.83. The molecular formula is C8H12N2S. The molecule has 11 heavy (non-hydrogen) atoms. The molecule has 3 N–H and O–H groups in total. The van der Waals surface area contributed by atoms with Gasteiger partial charge >= 0.3 is 0 Å². The van der Waals surface area contributed by atoms with Crippen LogP contribution in [0.4, 0.5) is 5.00 Å². The number of nitrogens with one attached hydrogen (secondary N) is 1. The highest BCUT2D eigenvalue weighted by molar-refractivity contribution is 7.14. The minimum absolute atomic E-state index is 0.529. The Balaban J connectivity index is 2.21. The molecule has 0 amide bonds. The lowest BCUT2D eigenvalue weighted by Crippen LogP contribution is -2.13. The molecular weight excluding hydrogens is 156 g/mol. The van der Waals surface area contributed by atoms with Crippen molar-refractivity contribution in [3.8, 4) is 0 Å². The average molecular weight is 168 g/mol. The molecule has 1 saturated heterocycles. The van der Waals surface area contributed by atoms with E-state index in [0.717, 1.165) is 11.5 Å². The smallest absolute Gasteiger partial charge is 0.0904 e. The van der Waals surface area contributed by atoms with Crippen LogP contribution in [-0.2, 0) is 0 Å². The number of hydrogen-bond donors (Lipinski definition) is 2. The Kier molecular flexibility index (Phi) is 1.84. The van der Waals surface area contributed by atoms with Crippen LogP contribution in [0.1, 0.15) is 24.4 Å². The monoisotopic (exact) mass is 168 g/mol. The van der Waals surface area contributed by atoms with Crippen LogP contribution in [0.15, 0.2) is 11.4 Å². The molecule has 1 atom stereocenters. The zero-order valence-electron chi connectivity index (χ0n) is 6.34. The van der Waals surface area contributed by atoms with Crippen LogP contribution in [0.3, 0.4) is 0 Å². The van der Waals surface area contributed by atoms with E-state index in [1.54, 1.807) is 11.3 Å². The first kappa shape index (κ1) is 7.13. The van der Waals surface area contributed by atoms with Crippen molar-refractivity contribution in [2.24, 2.45) is 0 Å². The molecule has 0 spiro atoms. The minimum Gasteiger partial charge on any atom is -0.390 e. The highest BCUT2D eigenvalue weighted by atomic mass is 32.1. The molecule has 2 nitrogen and oxygen atoms in total. The molecule has 60 valence electrons. The number of anilines is 1. The second-order valence-electron chi connectivity index (χ2n) is 2.89. The summed E-state index contributed by atoms with van der Waals surface area (Å²) in [6.45, 7) is 1.14. The average Bonchev–Trinajstić information content (AvgIpc) is 2.55. The van der Waals surface area contributed by atoms with Gasteiger partial charge in [-0.2, -0.15) is 0 Å². The standard InChI is InChI=1S/C8H12N2S/c9-8-6(3-5-11-8)7-2-1-4-10-7/h3,5,7,10H,1-2,4,9H2. The Morgan fingerprint density at radius 2 is 2.55 bits per heavy atom. The first-order valence-electron chi connectivity index (χ1n) is 3.94. The summed E-state index contributed by atoms with van der Waals surface area (Å²) in [7, 11) is 0. The van der Waals surface area contributed by atoms with Crippen LogP contribution in [-0.4, -0.2) is 6.54 Å². The summed E-state index contributed by atoms with van der Waals surface area (Å²) in [5, 5.41) is 6.46. The minimum atomic E-state index is 0.529. The van der Waals surface area contributed by atoms with Crippen LogP contribution in [0, 0.1) is 0 Å². The van der Waals surface area contributed by atoms with Crippen LogP contribution >= 0.6 is 11.3 Å². The molecule has 1 aliphatic rings. The number of rotatable bonds is 1. The molecule has 0 bridgehead atoms. The molecule has 1 aromatic rings. The van der Waals surface area contributed by atoms with Crippen LogP contribution in [0.2, 0.25) is 0 Å². The Hall–Kier alpha value is -0.540. The van der Waals surface area contributed by atoms with Crippen molar-refractivity contribution in [3.63, 3.8) is 0 Å². The number of nitrogen functional groups attached to an aromatic ring is 1. The fourth-order valence-corrected chi connectivity index (χ4v) is 2.28. The number of nitrogens with two attached hydrogens (primary N) is 1. The predicted octanol–water partition coefficient (Wildman–Crippen LogP) is 1.75. The van der Waals surface area contributed by atoms with Gasteiger partial charge in [-0.1, -0.05) is 0 Å². The van der Waals surface area contributed by atoms with Crippen molar-refractivity contribution >= 4 is 16.3 Å². The van der Waals surface area contributed by atoms with Gasteiger partial charge in [-0.25, -0.2) is 0 Å². The van der Waals surface area contributed by atoms with Gasteiger partial charge in [-0.05, 0) is 30.8 Å². The summed E-state index contributed by atoms with van der Waals surface area (Å²) in [6, 6.07) is 2.66. The van der Waals surface area contributed by atoms with E-state index in [9.17, 15) is 0 Å². The Morgan fingerprint density at radius 1 is 1.64 bits per heavy atom. The van der Waals surface area contributed by atoms with E-state index in [2.05, 4.69) is 16.8 Å². The zero-order valence-corrected chi connectivity index (χ0v) is 7.16. The van der Waals surface area contributed by atoms with Crippen LogP contribution < -0.4 is 11.1 Å². The van der Waals surface area contributed by atoms with Crippen molar-refractivity contribution in [2.75, 3.05) is 12.3 Å². The van der Waals surface area contributed by atoms with Gasteiger partial charge < -0.3 is 11.1 Å². The van der Waals surface area contributed by atoms with Crippen molar-refractivity contribution in [1.29, 1.82) is 0 Å². The fourth-order valence-electron chi connectivity index (χ4n) is 1.57. The molecule has 1 fully saturated rings. The molecule has 1 unspecified atom stereocenters. The van der Waals surface area contributed by atoms with Gasteiger partial charge in [0.05, 0.1) is 5.00 Å². The zero-order chi connectivity index (χ0) is 7.68. The van der Waals surface area contributed by atoms with Gasteiger partial charge in [-0.3, -0.25) is 0 Å². The van der Waals surface area contributed by atoms with Crippen molar-refractivity contribution in [3.05, 3.63) is 17.0 Å². The van der Waals surface area contributed by atoms with E-state index >= 15 is 0 Å². The SMILES string of the molecule is Nc1sccc1C1CCCN1. The van der Waals surface area contributed by atoms with E-state index in [1.165, 1.54) is 18.4 Å². The number of thiophene rings is 1. The van der Waals surface area contributed by atoms with Gasteiger partial charge in [-0.15, -0.1) is 11.3 Å². The van der Waals surface area contributed by atoms with E-state index in [1.807, 2.05) is 0 Å². The third-order valence-corrected chi connectivity index (χ3v) is 2.92. The van der Waals surface area contributed by atoms with Gasteiger partial charge in [0.2, 0.25) is 0 Å². The molecule has 2 rings (SSSR count). The van der Waals surface area contributed by atoms with Gasteiger partial charge in [0.1, 0.15) is 0 Å². The number of hydrogen-bond acceptors (Lipinski definition) is 3. The summed E-state index contributed by atoms with van der Waals surface area (Å²) in [5.41, 5.74) is 7.10. The fraction of sp³-hybridized carbons (Fsp3) is 0.500. The van der Waals surface area contributed by atoms with Crippen LogP contribution in [0.5, 0.6) is 0 Å². The van der Waals surface area contributed by atoms with Crippen LogP contribution in [0.25, 0.3) is 0 Å². The quantitative estimate of drug-likeness (QED) is 0.670. The lowest BCUT2D eigenvalue weighted by atomic mass is 10.1. The third kappa shape index (κ3) is 1.26. The molecule has 0 aliphatic carbocycles. The highest BCUT2D eigenvalue weighted by Gasteiger charge is 2.18. The van der Waals surface area contributed by atoms with Crippen molar-refractivity contribution in [1.82, 2.24) is 5.32 Å². The highest BCUT2D eigenvalue weighted by Crippen LogP contribution is 2.30. The largest absolute Gasteiger partial charge is 0.390 e. The lowest BCUT2D eigenvalue weighted by molar-refractivity contribution is 0.652. The van der Waals surface area contributed by atoms with Crippen molar-refractivity contribution < 1.29 is 0 Å². The third-order valence-electron chi connectivity index (χ3n) is 2.16. The van der Waals surface area contributed by atoms with Gasteiger partial charge in [0, 0.05) is 11.6 Å². The summed E-state index contributed by atoms with van der Waals surface area (Å²) in [4.78, 5) is 0. The maximum atomic E-state index is 5.80. The van der Waals surface area contributed by atoms with Crippen molar-refractivity contribution in [2.45, 2.75) is 18.9 Å². The Labute approximate surface area is 70.4 Å². The van der Waals surface area contributed by atoms with Gasteiger partial charge in [0.15, 0.2) is 0 Å². The normalized spacial score (nSPS) is 24.2. The maximum absolute atomic E-state index is 5.80. The molecule has 1 aliphatic heterocycles.